The molecular formula is C12H17N3O3. The van der Waals surface area contributed by atoms with Gasteiger partial charge in [-0.15, -0.1) is 0 Å². The first-order valence-corrected chi connectivity index (χ1v) is 6.08. The molecule has 2 rings (SSSR count). The van der Waals surface area contributed by atoms with Crippen LogP contribution in [0.1, 0.15) is 18.4 Å². The Balaban J connectivity index is 2.11. The van der Waals surface area contributed by atoms with Crippen LogP contribution in [0.25, 0.3) is 0 Å². The largest absolute Gasteiger partial charge is 0.396 e. The Bertz CT molecular complexity index is 442. The molecular weight excluding hydrogens is 234 g/mol. The second-order valence-electron chi connectivity index (χ2n) is 4.70. The van der Waals surface area contributed by atoms with Gasteiger partial charge in [0.25, 0.3) is 5.69 Å². The fraction of sp³-hybridized carbons (Fsp3) is 0.583. The summed E-state index contributed by atoms with van der Waals surface area (Å²) in [5.41, 5.74) is 0.693. The predicted octanol–water partition coefficient (Wildman–Crippen LogP) is 1.51. The SMILES string of the molecule is Cc1cc(N2CCC(CO)CC2)ncc1[N+](=O)[O-]. The number of nitrogens with zero attached hydrogens (tertiary/aromatic N) is 3. The molecule has 6 heteroatoms. The van der Waals surface area contributed by atoms with Crippen molar-refractivity contribution >= 4 is 11.5 Å². The summed E-state index contributed by atoms with van der Waals surface area (Å²) in [4.78, 5) is 16.6. The first kappa shape index (κ1) is 12.8. The molecule has 1 saturated heterocycles. The van der Waals surface area contributed by atoms with Crippen molar-refractivity contribution in [3.8, 4) is 0 Å². The molecule has 1 aromatic heterocycles. The molecule has 1 aliphatic heterocycles. The molecule has 0 atom stereocenters. The number of aliphatic hydroxyl groups is 1. The zero-order valence-corrected chi connectivity index (χ0v) is 10.4. The summed E-state index contributed by atoms with van der Waals surface area (Å²) in [6.07, 6.45) is 3.20. The van der Waals surface area contributed by atoms with E-state index in [1.807, 2.05) is 0 Å². The molecule has 1 aromatic rings. The highest BCUT2D eigenvalue weighted by molar-refractivity contribution is 5.48. The van der Waals surface area contributed by atoms with Crippen LogP contribution in [0.4, 0.5) is 11.5 Å². The van der Waals surface area contributed by atoms with Gasteiger partial charge in [0.1, 0.15) is 12.0 Å². The number of aromatic nitrogens is 1. The lowest BCUT2D eigenvalue weighted by Gasteiger charge is -2.32. The zero-order chi connectivity index (χ0) is 13.1. The summed E-state index contributed by atoms with van der Waals surface area (Å²) >= 11 is 0. The van der Waals surface area contributed by atoms with Gasteiger partial charge in [-0.1, -0.05) is 0 Å². The van der Waals surface area contributed by atoms with Crippen molar-refractivity contribution in [2.45, 2.75) is 19.8 Å². The first-order chi connectivity index (χ1) is 8.61. The van der Waals surface area contributed by atoms with E-state index in [1.165, 1.54) is 6.20 Å². The third-order valence-electron chi connectivity index (χ3n) is 3.46. The summed E-state index contributed by atoms with van der Waals surface area (Å²) in [6.45, 7) is 3.65. The molecule has 0 aromatic carbocycles. The van der Waals surface area contributed by atoms with Gasteiger partial charge in [-0.2, -0.15) is 0 Å². The van der Waals surface area contributed by atoms with Crippen LogP contribution in [-0.2, 0) is 0 Å². The van der Waals surface area contributed by atoms with E-state index in [4.69, 9.17) is 5.11 Å². The normalized spacial score (nSPS) is 16.9. The number of nitro groups is 1. The highest BCUT2D eigenvalue weighted by Gasteiger charge is 2.21. The van der Waals surface area contributed by atoms with Crippen LogP contribution >= 0.6 is 0 Å². The van der Waals surface area contributed by atoms with Gasteiger partial charge in [-0.3, -0.25) is 10.1 Å². The summed E-state index contributed by atoms with van der Waals surface area (Å²) in [5.74, 6) is 1.16. The van der Waals surface area contributed by atoms with Gasteiger partial charge in [-0.05, 0) is 31.7 Å². The Morgan fingerprint density at radius 3 is 2.72 bits per heavy atom. The van der Waals surface area contributed by atoms with Crippen LogP contribution in [0.5, 0.6) is 0 Å². The lowest BCUT2D eigenvalue weighted by Crippen LogP contribution is -2.35. The third-order valence-corrected chi connectivity index (χ3v) is 3.46. The van der Waals surface area contributed by atoms with Gasteiger partial charge >= 0.3 is 0 Å². The molecule has 98 valence electrons. The van der Waals surface area contributed by atoms with Gasteiger partial charge in [0.15, 0.2) is 0 Å². The summed E-state index contributed by atoms with van der Waals surface area (Å²) in [5, 5.41) is 19.8. The molecule has 2 heterocycles. The Morgan fingerprint density at radius 2 is 2.22 bits per heavy atom. The van der Waals surface area contributed by atoms with Crippen molar-refractivity contribution in [1.29, 1.82) is 0 Å². The van der Waals surface area contributed by atoms with E-state index in [0.717, 1.165) is 31.7 Å². The average Bonchev–Trinajstić information content (AvgIpc) is 2.38. The summed E-state index contributed by atoms with van der Waals surface area (Å²) in [7, 11) is 0. The van der Waals surface area contributed by atoms with E-state index in [0.29, 0.717) is 11.5 Å². The van der Waals surface area contributed by atoms with E-state index in [1.54, 1.807) is 13.0 Å². The number of aryl methyl sites for hydroxylation is 1. The molecule has 0 spiro atoms. The molecule has 0 bridgehead atoms. The Morgan fingerprint density at radius 1 is 1.56 bits per heavy atom. The highest BCUT2D eigenvalue weighted by Crippen LogP contribution is 2.25. The van der Waals surface area contributed by atoms with Crippen molar-refractivity contribution in [3.05, 3.63) is 27.9 Å². The zero-order valence-electron chi connectivity index (χ0n) is 10.4. The number of aliphatic hydroxyl groups excluding tert-OH is 1. The number of pyridine rings is 1. The van der Waals surface area contributed by atoms with Crippen molar-refractivity contribution in [3.63, 3.8) is 0 Å². The minimum atomic E-state index is -0.413. The first-order valence-electron chi connectivity index (χ1n) is 6.08. The molecule has 0 radical (unpaired) electrons. The smallest absolute Gasteiger partial charge is 0.290 e. The van der Waals surface area contributed by atoms with Crippen molar-refractivity contribution in [2.75, 3.05) is 24.6 Å². The van der Waals surface area contributed by atoms with E-state index in [9.17, 15) is 10.1 Å². The maximum atomic E-state index is 10.7. The van der Waals surface area contributed by atoms with Gasteiger partial charge in [0.05, 0.1) is 4.92 Å². The number of hydrogen-bond acceptors (Lipinski definition) is 5. The molecule has 0 unspecified atom stereocenters. The van der Waals surface area contributed by atoms with Crippen LogP contribution < -0.4 is 4.90 Å². The molecule has 18 heavy (non-hydrogen) atoms. The highest BCUT2D eigenvalue weighted by atomic mass is 16.6. The minimum absolute atomic E-state index is 0.0593. The second kappa shape index (κ2) is 5.30. The topological polar surface area (TPSA) is 79.5 Å². The summed E-state index contributed by atoms with van der Waals surface area (Å²) in [6, 6.07) is 1.76. The van der Waals surface area contributed by atoms with E-state index < -0.39 is 4.92 Å². The Kier molecular flexibility index (Phi) is 3.76. The van der Waals surface area contributed by atoms with Crippen molar-refractivity contribution in [2.24, 2.45) is 5.92 Å². The van der Waals surface area contributed by atoms with Crippen LogP contribution in [-0.4, -0.2) is 34.7 Å². The molecule has 0 aliphatic carbocycles. The van der Waals surface area contributed by atoms with Crippen LogP contribution in [0.2, 0.25) is 0 Å². The number of hydrogen-bond donors (Lipinski definition) is 1. The third kappa shape index (κ3) is 2.59. The predicted molar refractivity (Wildman–Crippen MR) is 67.7 cm³/mol. The fourth-order valence-corrected chi connectivity index (χ4v) is 2.24. The van der Waals surface area contributed by atoms with Crippen LogP contribution in [0, 0.1) is 23.0 Å². The molecule has 1 N–H and O–H groups in total. The Hall–Kier alpha value is -1.69. The van der Waals surface area contributed by atoms with Gasteiger partial charge in [-0.25, -0.2) is 4.98 Å². The lowest BCUT2D eigenvalue weighted by atomic mass is 9.98. The van der Waals surface area contributed by atoms with E-state index >= 15 is 0 Å². The van der Waals surface area contributed by atoms with Crippen LogP contribution in [0.15, 0.2) is 12.3 Å². The van der Waals surface area contributed by atoms with Crippen molar-refractivity contribution in [1.82, 2.24) is 4.98 Å². The molecule has 6 nitrogen and oxygen atoms in total. The molecule has 0 amide bonds. The monoisotopic (exact) mass is 251 g/mol. The minimum Gasteiger partial charge on any atom is -0.396 e. The summed E-state index contributed by atoms with van der Waals surface area (Å²) < 4.78 is 0. The van der Waals surface area contributed by atoms with E-state index in [2.05, 4.69) is 9.88 Å². The Labute approximate surface area is 105 Å². The fourth-order valence-electron chi connectivity index (χ4n) is 2.24. The van der Waals surface area contributed by atoms with Crippen molar-refractivity contribution < 1.29 is 10.0 Å². The molecule has 1 fully saturated rings. The van der Waals surface area contributed by atoms with E-state index in [-0.39, 0.29) is 12.3 Å². The maximum absolute atomic E-state index is 10.7. The van der Waals surface area contributed by atoms with Crippen LogP contribution in [0.3, 0.4) is 0 Å². The quantitative estimate of drug-likeness (QED) is 0.650. The molecule has 0 saturated carbocycles. The number of piperidine rings is 1. The van der Waals surface area contributed by atoms with Gasteiger partial charge < -0.3 is 10.0 Å². The average molecular weight is 251 g/mol. The van der Waals surface area contributed by atoms with Gasteiger partial charge in [0, 0.05) is 25.3 Å². The van der Waals surface area contributed by atoms with Gasteiger partial charge in [0.2, 0.25) is 0 Å². The number of rotatable bonds is 3. The standard InChI is InChI=1S/C12H17N3O3/c1-9-6-12(13-7-11(9)15(17)18)14-4-2-10(8-16)3-5-14/h6-7,10,16H,2-5,8H2,1H3. The second-order valence-corrected chi connectivity index (χ2v) is 4.70. The maximum Gasteiger partial charge on any atom is 0.290 e. The molecule has 1 aliphatic rings. The lowest BCUT2D eigenvalue weighted by molar-refractivity contribution is -0.385. The number of anilines is 1.